The molecule has 12 heavy (non-hydrogen) atoms. The smallest absolute Gasteiger partial charge is 0.0979 e. The molecule has 0 aliphatic rings. The molecule has 0 bridgehead atoms. The van der Waals surface area contributed by atoms with Crippen LogP contribution in [0.25, 0.3) is 0 Å². The molecule has 3 N–H and O–H groups in total. The number of nitrogens with one attached hydrogen (secondary N) is 1. The van der Waals surface area contributed by atoms with Crippen LogP contribution in [0.5, 0.6) is 0 Å². The van der Waals surface area contributed by atoms with Gasteiger partial charge in [0.05, 0.1) is 5.84 Å². The van der Waals surface area contributed by atoms with E-state index in [1.807, 2.05) is 31.2 Å². The minimum absolute atomic E-state index is 0.0121. The molecule has 0 saturated carbocycles. The predicted molar refractivity (Wildman–Crippen MR) is 54.5 cm³/mol. The molecule has 1 unspecified atom stereocenters. The summed E-state index contributed by atoms with van der Waals surface area (Å²) in [5.74, 6) is 0.218. The van der Waals surface area contributed by atoms with Crippen molar-refractivity contribution in [3.8, 4) is 0 Å². The van der Waals surface area contributed by atoms with Crippen molar-refractivity contribution in [3.63, 3.8) is 0 Å². The number of hydrogen-bond donors (Lipinski definition) is 2. The number of rotatable bonds is 2. The first kappa shape index (κ1) is 9.26. The van der Waals surface area contributed by atoms with Crippen LogP contribution in [0.3, 0.4) is 0 Å². The Morgan fingerprint density at radius 1 is 1.42 bits per heavy atom. The van der Waals surface area contributed by atoms with Crippen molar-refractivity contribution in [2.75, 3.05) is 0 Å². The average molecular weight is 227 g/mol. The molecule has 0 heterocycles. The number of benzene rings is 1. The second kappa shape index (κ2) is 3.72. The van der Waals surface area contributed by atoms with Crippen LogP contribution in [-0.2, 0) is 0 Å². The summed E-state index contributed by atoms with van der Waals surface area (Å²) in [6.45, 7) is 1.92. The molecule has 0 aliphatic heterocycles. The van der Waals surface area contributed by atoms with Gasteiger partial charge < -0.3 is 5.73 Å². The highest BCUT2D eigenvalue weighted by molar-refractivity contribution is 9.10. The number of nitrogens with two attached hydrogens (primary N) is 1. The standard InChI is InChI=1S/C9H11BrN2/c1-6(9(11)12)7-2-4-8(10)5-3-7/h2-6H,1H3,(H3,11,12). The van der Waals surface area contributed by atoms with Crippen molar-refractivity contribution in [2.45, 2.75) is 12.8 Å². The van der Waals surface area contributed by atoms with Gasteiger partial charge in [-0.25, -0.2) is 0 Å². The highest BCUT2D eigenvalue weighted by Gasteiger charge is 2.06. The quantitative estimate of drug-likeness (QED) is 0.591. The Balaban J connectivity index is 2.89. The van der Waals surface area contributed by atoms with Gasteiger partial charge in [-0.2, -0.15) is 0 Å². The van der Waals surface area contributed by atoms with Crippen LogP contribution in [-0.4, -0.2) is 5.84 Å². The lowest BCUT2D eigenvalue weighted by atomic mass is 10.0. The fraction of sp³-hybridized carbons (Fsp3) is 0.222. The fourth-order valence-corrected chi connectivity index (χ4v) is 1.20. The number of halogens is 1. The second-order valence-electron chi connectivity index (χ2n) is 2.73. The highest BCUT2D eigenvalue weighted by atomic mass is 79.9. The lowest BCUT2D eigenvalue weighted by Crippen LogP contribution is -2.17. The number of hydrogen-bond acceptors (Lipinski definition) is 1. The SMILES string of the molecule is CC(C(=N)N)c1ccc(Br)cc1. The average Bonchev–Trinajstić information content (AvgIpc) is 2.04. The van der Waals surface area contributed by atoms with Gasteiger partial charge >= 0.3 is 0 Å². The van der Waals surface area contributed by atoms with Crippen molar-refractivity contribution in [2.24, 2.45) is 5.73 Å². The topological polar surface area (TPSA) is 49.9 Å². The Kier molecular flexibility index (Phi) is 2.87. The summed E-state index contributed by atoms with van der Waals surface area (Å²) >= 11 is 3.35. The maximum Gasteiger partial charge on any atom is 0.0979 e. The van der Waals surface area contributed by atoms with Crippen LogP contribution in [0.4, 0.5) is 0 Å². The van der Waals surface area contributed by atoms with Gasteiger partial charge in [0.2, 0.25) is 0 Å². The van der Waals surface area contributed by atoms with E-state index in [1.165, 1.54) is 0 Å². The summed E-state index contributed by atoms with van der Waals surface area (Å²) in [7, 11) is 0. The summed E-state index contributed by atoms with van der Waals surface area (Å²) in [5, 5.41) is 7.26. The van der Waals surface area contributed by atoms with E-state index in [-0.39, 0.29) is 11.8 Å². The molecule has 3 heteroatoms. The van der Waals surface area contributed by atoms with Crippen molar-refractivity contribution < 1.29 is 0 Å². The van der Waals surface area contributed by atoms with Gasteiger partial charge in [-0.15, -0.1) is 0 Å². The van der Waals surface area contributed by atoms with E-state index in [0.717, 1.165) is 10.0 Å². The molecule has 0 saturated heterocycles. The van der Waals surface area contributed by atoms with E-state index < -0.39 is 0 Å². The first-order valence-corrected chi connectivity index (χ1v) is 4.50. The van der Waals surface area contributed by atoms with E-state index in [2.05, 4.69) is 15.9 Å². The third kappa shape index (κ3) is 2.08. The maximum absolute atomic E-state index is 7.26. The fourth-order valence-electron chi connectivity index (χ4n) is 0.931. The molecule has 2 nitrogen and oxygen atoms in total. The van der Waals surface area contributed by atoms with Crippen LogP contribution in [0.2, 0.25) is 0 Å². The molecule has 1 rings (SSSR count). The molecular weight excluding hydrogens is 216 g/mol. The van der Waals surface area contributed by atoms with Crippen LogP contribution in [0.1, 0.15) is 18.4 Å². The van der Waals surface area contributed by atoms with Crippen LogP contribution < -0.4 is 5.73 Å². The molecule has 0 fully saturated rings. The Hall–Kier alpha value is -0.830. The van der Waals surface area contributed by atoms with E-state index in [4.69, 9.17) is 11.1 Å². The van der Waals surface area contributed by atoms with E-state index in [9.17, 15) is 0 Å². The molecule has 0 aliphatic carbocycles. The Bertz CT molecular complexity index is 279. The second-order valence-corrected chi connectivity index (χ2v) is 3.64. The molecule has 0 amide bonds. The van der Waals surface area contributed by atoms with Crippen LogP contribution >= 0.6 is 15.9 Å². The molecule has 0 radical (unpaired) electrons. The summed E-state index contributed by atoms with van der Waals surface area (Å²) in [4.78, 5) is 0. The highest BCUT2D eigenvalue weighted by Crippen LogP contribution is 2.17. The lowest BCUT2D eigenvalue weighted by molar-refractivity contribution is 0.991. The first-order chi connectivity index (χ1) is 5.61. The summed E-state index contributed by atoms with van der Waals surface area (Å²) in [6.07, 6.45) is 0. The molecule has 1 aromatic rings. The van der Waals surface area contributed by atoms with Crippen molar-refractivity contribution in [1.29, 1.82) is 5.41 Å². The monoisotopic (exact) mass is 226 g/mol. The first-order valence-electron chi connectivity index (χ1n) is 3.70. The van der Waals surface area contributed by atoms with Gasteiger partial charge in [-0.1, -0.05) is 35.0 Å². The third-order valence-corrected chi connectivity index (χ3v) is 2.37. The molecular formula is C9H11BrN2. The van der Waals surface area contributed by atoms with Crippen molar-refractivity contribution in [1.82, 2.24) is 0 Å². The van der Waals surface area contributed by atoms with Crippen LogP contribution in [0, 0.1) is 5.41 Å². The molecule has 0 aromatic heterocycles. The largest absolute Gasteiger partial charge is 0.387 e. The summed E-state index contributed by atoms with van der Waals surface area (Å²) in [5.41, 5.74) is 6.45. The van der Waals surface area contributed by atoms with Gasteiger partial charge in [-0.3, -0.25) is 5.41 Å². The van der Waals surface area contributed by atoms with E-state index >= 15 is 0 Å². The van der Waals surface area contributed by atoms with Crippen molar-refractivity contribution >= 4 is 21.8 Å². The van der Waals surface area contributed by atoms with Gasteiger partial charge in [0, 0.05) is 10.4 Å². The van der Waals surface area contributed by atoms with Crippen molar-refractivity contribution in [3.05, 3.63) is 34.3 Å². The predicted octanol–water partition coefficient (Wildman–Crippen LogP) is 2.49. The Morgan fingerprint density at radius 2 is 1.92 bits per heavy atom. The van der Waals surface area contributed by atoms with Crippen LogP contribution in [0.15, 0.2) is 28.7 Å². The zero-order valence-corrected chi connectivity index (χ0v) is 8.43. The van der Waals surface area contributed by atoms with Gasteiger partial charge in [0.25, 0.3) is 0 Å². The summed E-state index contributed by atoms with van der Waals surface area (Å²) in [6, 6.07) is 7.84. The third-order valence-electron chi connectivity index (χ3n) is 1.84. The Morgan fingerprint density at radius 3 is 2.33 bits per heavy atom. The summed E-state index contributed by atoms with van der Waals surface area (Å²) < 4.78 is 1.04. The number of amidine groups is 1. The van der Waals surface area contributed by atoms with Gasteiger partial charge in [0.1, 0.15) is 0 Å². The Labute approximate surface area is 80.4 Å². The minimum Gasteiger partial charge on any atom is -0.387 e. The minimum atomic E-state index is 0.0121. The maximum atomic E-state index is 7.26. The molecule has 0 spiro atoms. The zero-order chi connectivity index (χ0) is 9.14. The lowest BCUT2D eigenvalue weighted by Gasteiger charge is -2.08. The molecule has 64 valence electrons. The van der Waals surface area contributed by atoms with Gasteiger partial charge in [-0.05, 0) is 17.7 Å². The normalized spacial score (nSPS) is 12.5. The molecule has 1 aromatic carbocycles. The van der Waals surface area contributed by atoms with E-state index in [0.29, 0.717) is 0 Å². The molecule has 1 atom stereocenters. The zero-order valence-electron chi connectivity index (χ0n) is 6.84. The van der Waals surface area contributed by atoms with E-state index in [1.54, 1.807) is 0 Å². The van der Waals surface area contributed by atoms with Gasteiger partial charge in [0.15, 0.2) is 0 Å².